The summed E-state index contributed by atoms with van der Waals surface area (Å²) in [5, 5.41) is 6.44. The van der Waals surface area contributed by atoms with Crippen molar-refractivity contribution < 1.29 is 13.9 Å². The average Bonchev–Trinajstić information content (AvgIpc) is 3.21. The molecule has 9 heteroatoms. The number of halogens is 1. The largest absolute Gasteiger partial charge is 0.481 e. The molecule has 31 heavy (non-hydrogen) atoms. The molecular weight excluding hydrogens is 399 g/mol. The van der Waals surface area contributed by atoms with Gasteiger partial charge in [0.05, 0.1) is 12.7 Å². The molecule has 0 saturated carbocycles. The highest BCUT2D eigenvalue weighted by molar-refractivity contribution is 5.97. The zero-order chi connectivity index (χ0) is 21.8. The van der Waals surface area contributed by atoms with Crippen molar-refractivity contribution in [2.45, 2.75) is 13.0 Å². The quantitative estimate of drug-likeness (QED) is 0.397. The van der Waals surface area contributed by atoms with Crippen molar-refractivity contribution in [3.63, 3.8) is 0 Å². The molecule has 0 aromatic carbocycles. The van der Waals surface area contributed by atoms with Crippen molar-refractivity contribution in [1.29, 1.82) is 0 Å². The van der Waals surface area contributed by atoms with Crippen LogP contribution in [0.25, 0.3) is 11.0 Å². The first-order chi connectivity index (χ1) is 15.1. The summed E-state index contributed by atoms with van der Waals surface area (Å²) >= 11 is 0. The Morgan fingerprint density at radius 2 is 2.03 bits per heavy atom. The van der Waals surface area contributed by atoms with Crippen LogP contribution in [0.5, 0.6) is 5.88 Å². The molecule has 158 valence electrons. The van der Waals surface area contributed by atoms with Crippen LogP contribution in [0.15, 0.2) is 48.9 Å². The predicted molar refractivity (Wildman–Crippen MR) is 115 cm³/mol. The Morgan fingerprint density at radius 1 is 1.16 bits per heavy atom. The second-order valence-electron chi connectivity index (χ2n) is 6.90. The molecule has 8 nitrogen and oxygen atoms in total. The van der Waals surface area contributed by atoms with Crippen LogP contribution in [0.4, 0.5) is 10.2 Å². The summed E-state index contributed by atoms with van der Waals surface area (Å²) in [5.41, 5.74) is 3.29. The molecule has 0 fully saturated rings. The van der Waals surface area contributed by atoms with Crippen molar-refractivity contribution in [3.8, 4) is 5.88 Å². The maximum absolute atomic E-state index is 14.7. The number of carbonyl (C=O) groups excluding carboxylic acids is 1. The van der Waals surface area contributed by atoms with E-state index in [0.29, 0.717) is 41.4 Å². The first-order valence-corrected chi connectivity index (χ1v) is 9.63. The number of nitrogens with one attached hydrogen (secondary N) is 3. The number of ether oxygens (including phenoxy) is 1. The highest BCUT2D eigenvalue weighted by Crippen LogP contribution is 2.22. The Kier molecular flexibility index (Phi) is 5.74. The number of hydrogen-bond donors (Lipinski definition) is 3. The first kappa shape index (κ1) is 20.3. The molecule has 4 heterocycles. The van der Waals surface area contributed by atoms with Crippen molar-refractivity contribution in [2.24, 2.45) is 0 Å². The molecule has 0 unspecified atom stereocenters. The van der Waals surface area contributed by atoms with E-state index in [9.17, 15) is 9.18 Å². The number of aromatic amines is 1. The summed E-state index contributed by atoms with van der Waals surface area (Å²) in [6.45, 7) is 0.458. The lowest BCUT2D eigenvalue weighted by molar-refractivity contribution is 0.0963. The molecule has 0 bridgehead atoms. The van der Waals surface area contributed by atoms with E-state index < -0.39 is 5.95 Å². The molecule has 0 aliphatic heterocycles. The van der Waals surface area contributed by atoms with Gasteiger partial charge in [0.1, 0.15) is 11.5 Å². The van der Waals surface area contributed by atoms with Crippen LogP contribution < -0.4 is 15.4 Å². The number of aromatic nitrogens is 4. The third-order valence-electron chi connectivity index (χ3n) is 4.89. The molecular formula is C22H21FN6O2. The van der Waals surface area contributed by atoms with Gasteiger partial charge in [0.25, 0.3) is 5.91 Å². The highest BCUT2D eigenvalue weighted by atomic mass is 19.1. The minimum atomic E-state index is -0.553. The van der Waals surface area contributed by atoms with E-state index in [1.807, 2.05) is 6.07 Å². The monoisotopic (exact) mass is 420 g/mol. The van der Waals surface area contributed by atoms with Crippen molar-refractivity contribution in [3.05, 3.63) is 77.1 Å². The number of anilines is 1. The number of pyridine rings is 3. The first-order valence-electron chi connectivity index (χ1n) is 9.63. The fourth-order valence-corrected chi connectivity index (χ4v) is 3.20. The average molecular weight is 420 g/mol. The minimum absolute atomic E-state index is 0.225. The van der Waals surface area contributed by atoms with Gasteiger partial charge in [0.15, 0.2) is 0 Å². The van der Waals surface area contributed by atoms with Crippen LogP contribution in [0.2, 0.25) is 0 Å². The lowest BCUT2D eigenvalue weighted by atomic mass is 10.1. The molecule has 4 aromatic heterocycles. The Morgan fingerprint density at radius 3 is 2.74 bits per heavy atom. The summed E-state index contributed by atoms with van der Waals surface area (Å²) in [6, 6.07) is 8.82. The molecule has 3 N–H and O–H groups in total. The van der Waals surface area contributed by atoms with Gasteiger partial charge >= 0.3 is 0 Å². The van der Waals surface area contributed by atoms with Gasteiger partial charge in [0.2, 0.25) is 11.8 Å². The zero-order valence-electron chi connectivity index (χ0n) is 17.1. The van der Waals surface area contributed by atoms with Crippen molar-refractivity contribution >= 4 is 22.8 Å². The molecule has 0 aliphatic rings. The summed E-state index contributed by atoms with van der Waals surface area (Å²) in [4.78, 5) is 27.4. The van der Waals surface area contributed by atoms with Crippen molar-refractivity contribution in [2.75, 3.05) is 19.5 Å². The number of nitrogens with zero attached hydrogens (tertiary/aromatic N) is 3. The number of amides is 1. The van der Waals surface area contributed by atoms with E-state index >= 15 is 0 Å². The maximum atomic E-state index is 14.7. The predicted octanol–water partition coefficient (Wildman–Crippen LogP) is 3.06. The van der Waals surface area contributed by atoms with Crippen LogP contribution in [0.3, 0.4) is 0 Å². The van der Waals surface area contributed by atoms with Gasteiger partial charge < -0.3 is 20.4 Å². The SMILES string of the molecule is CNC(=O)c1cnc2[nH]cc(Cc3ccc(NCc4ccc(OC)nc4)nc3F)c2c1. The standard InChI is InChI=1S/C22H21FN6O2/c1-24-22(30)16-8-17-15(11-27-21(17)28-12-16)7-14-4-5-18(29-20(14)23)25-9-13-3-6-19(31-2)26-10-13/h3-6,8,10-12H,7,9H2,1-2H3,(H,24,30)(H,25,29)(H,27,28). The van der Waals surface area contributed by atoms with E-state index in [-0.39, 0.29) is 5.91 Å². The summed E-state index contributed by atoms with van der Waals surface area (Å²) < 4.78 is 19.7. The Balaban J connectivity index is 1.48. The van der Waals surface area contributed by atoms with E-state index in [2.05, 4.69) is 30.6 Å². The maximum Gasteiger partial charge on any atom is 0.252 e. The third kappa shape index (κ3) is 4.45. The topological polar surface area (TPSA) is 105 Å². The molecule has 0 saturated heterocycles. The van der Waals surface area contributed by atoms with E-state index in [4.69, 9.17) is 4.74 Å². The zero-order valence-corrected chi connectivity index (χ0v) is 17.1. The van der Waals surface area contributed by atoms with Gasteiger partial charge in [-0.15, -0.1) is 0 Å². The number of carbonyl (C=O) groups is 1. The van der Waals surface area contributed by atoms with Crippen LogP contribution in [0.1, 0.15) is 27.0 Å². The number of methoxy groups -OCH3 is 1. The van der Waals surface area contributed by atoms with Gasteiger partial charge in [-0.1, -0.05) is 12.1 Å². The van der Waals surface area contributed by atoms with Gasteiger partial charge in [-0.05, 0) is 23.3 Å². The lowest BCUT2D eigenvalue weighted by Gasteiger charge is -2.08. The Labute approximate surface area is 177 Å². The van der Waals surface area contributed by atoms with Crippen LogP contribution in [0, 0.1) is 5.95 Å². The summed E-state index contributed by atoms with van der Waals surface area (Å²) in [5.74, 6) is 0.186. The molecule has 0 atom stereocenters. The molecule has 0 spiro atoms. The third-order valence-corrected chi connectivity index (χ3v) is 4.89. The van der Waals surface area contributed by atoms with E-state index in [1.54, 1.807) is 50.8 Å². The minimum Gasteiger partial charge on any atom is -0.481 e. The molecule has 4 rings (SSSR count). The second kappa shape index (κ2) is 8.78. The Hall–Kier alpha value is -4.01. The smallest absolute Gasteiger partial charge is 0.252 e. The highest BCUT2D eigenvalue weighted by Gasteiger charge is 2.13. The van der Waals surface area contributed by atoms with Gasteiger partial charge in [-0.3, -0.25) is 4.79 Å². The fraction of sp³-hybridized carbons (Fsp3) is 0.182. The molecule has 0 radical (unpaired) electrons. The number of fused-ring (bicyclic) bond motifs is 1. The summed E-state index contributed by atoms with van der Waals surface area (Å²) in [6.07, 6.45) is 5.28. The number of H-pyrrole nitrogens is 1. The lowest BCUT2D eigenvalue weighted by Crippen LogP contribution is -2.17. The van der Waals surface area contributed by atoms with Crippen LogP contribution in [-0.4, -0.2) is 40.0 Å². The summed E-state index contributed by atoms with van der Waals surface area (Å²) in [7, 11) is 3.12. The van der Waals surface area contributed by atoms with E-state index in [0.717, 1.165) is 16.5 Å². The fourth-order valence-electron chi connectivity index (χ4n) is 3.20. The van der Waals surface area contributed by atoms with Gasteiger partial charge in [0, 0.05) is 55.6 Å². The van der Waals surface area contributed by atoms with Crippen molar-refractivity contribution in [1.82, 2.24) is 25.3 Å². The number of hydrogen-bond acceptors (Lipinski definition) is 6. The number of rotatable bonds is 7. The van der Waals surface area contributed by atoms with Gasteiger partial charge in [-0.2, -0.15) is 4.39 Å². The normalized spacial score (nSPS) is 10.8. The molecule has 1 amide bonds. The Bertz CT molecular complexity index is 1220. The molecule has 4 aromatic rings. The van der Waals surface area contributed by atoms with Crippen LogP contribution in [-0.2, 0) is 13.0 Å². The second-order valence-corrected chi connectivity index (χ2v) is 6.90. The van der Waals surface area contributed by atoms with Gasteiger partial charge in [-0.25, -0.2) is 15.0 Å². The molecule has 0 aliphatic carbocycles. The van der Waals surface area contributed by atoms with E-state index in [1.165, 1.54) is 6.20 Å². The van der Waals surface area contributed by atoms with Crippen LogP contribution >= 0.6 is 0 Å².